The largest absolute Gasteiger partial charge is 0.301 e. The molecule has 3 nitrogen and oxygen atoms in total. The van der Waals surface area contributed by atoms with Gasteiger partial charge in [0.05, 0.1) is 11.0 Å². The smallest absolute Gasteiger partial charge is 0.0911 e. The van der Waals surface area contributed by atoms with Gasteiger partial charge in [-0.15, -0.1) is 0 Å². The van der Waals surface area contributed by atoms with Gasteiger partial charge in [-0.3, -0.25) is 0 Å². The van der Waals surface area contributed by atoms with Gasteiger partial charge in [0.25, 0.3) is 0 Å². The summed E-state index contributed by atoms with van der Waals surface area (Å²) in [5.41, 5.74) is 0. The monoisotopic (exact) mass is 218 g/mol. The first kappa shape index (κ1) is 12.1. The number of hydrogen-bond donors (Lipinski definition) is 0. The van der Waals surface area contributed by atoms with Crippen LogP contribution in [0.5, 0.6) is 0 Å². The molecule has 1 rings (SSSR count). The van der Waals surface area contributed by atoms with Gasteiger partial charge in [-0.1, -0.05) is 13.8 Å². The summed E-state index contributed by atoms with van der Waals surface area (Å²) in [6.07, 6.45) is 3.04. The lowest BCUT2D eigenvalue weighted by molar-refractivity contribution is 0.185. The van der Waals surface area contributed by atoms with Crippen LogP contribution in [0.1, 0.15) is 20.3 Å². The standard InChI is InChI=1S/C10H22N2OS/c1-10(2)4-5-11-6-8-12(9-7-11)14(3)13/h10H,4-9H2,1-3H3. The Balaban J connectivity index is 2.19. The molecule has 0 bridgehead atoms. The zero-order chi connectivity index (χ0) is 10.6. The third-order valence-electron chi connectivity index (χ3n) is 2.72. The summed E-state index contributed by atoms with van der Waals surface area (Å²) in [7, 11) is -0.773. The zero-order valence-electron chi connectivity index (χ0n) is 9.53. The number of hydrogen-bond acceptors (Lipinski definition) is 2. The van der Waals surface area contributed by atoms with E-state index in [1.54, 1.807) is 6.26 Å². The van der Waals surface area contributed by atoms with Gasteiger partial charge < -0.3 is 4.90 Å². The molecular formula is C10H22N2OS. The van der Waals surface area contributed by atoms with Crippen molar-refractivity contribution in [2.24, 2.45) is 5.92 Å². The third-order valence-corrected chi connectivity index (χ3v) is 3.81. The van der Waals surface area contributed by atoms with Crippen molar-refractivity contribution in [2.45, 2.75) is 20.3 Å². The first-order valence-corrected chi connectivity index (χ1v) is 6.92. The van der Waals surface area contributed by atoms with E-state index in [0.717, 1.165) is 32.1 Å². The molecule has 0 spiro atoms. The number of piperazine rings is 1. The van der Waals surface area contributed by atoms with E-state index in [4.69, 9.17) is 0 Å². The predicted octanol–water partition coefficient (Wildman–Crippen LogP) is 0.944. The van der Waals surface area contributed by atoms with Crippen LogP contribution in [0.2, 0.25) is 0 Å². The number of rotatable bonds is 4. The Bertz CT molecular complexity index is 189. The fraction of sp³-hybridized carbons (Fsp3) is 1.00. The molecule has 0 amide bonds. The van der Waals surface area contributed by atoms with Crippen LogP contribution in [0.25, 0.3) is 0 Å². The van der Waals surface area contributed by atoms with Crippen LogP contribution in [0, 0.1) is 5.92 Å². The molecule has 0 aromatic heterocycles. The molecule has 0 saturated carbocycles. The van der Waals surface area contributed by atoms with E-state index >= 15 is 0 Å². The molecule has 0 aromatic carbocycles. The highest BCUT2D eigenvalue weighted by Gasteiger charge is 2.18. The van der Waals surface area contributed by atoms with Crippen molar-refractivity contribution in [3.63, 3.8) is 0 Å². The zero-order valence-corrected chi connectivity index (χ0v) is 10.3. The van der Waals surface area contributed by atoms with Crippen molar-refractivity contribution in [2.75, 3.05) is 39.0 Å². The molecule has 0 N–H and O–H groups in total. The Kier molecular flexibility index (Phi) is 5.06. The van der Waals surface area contributed by atoms with Gasteiger partial charge in [-0.05, 0) is 18.9 Å². The van der Waals surface area contributed by atoms with Crippen molar-refractivity contribution < 1.29 is 4.21 Å². The average Bonchev–Trinajstić information content (AvgIpc) is 2.15. The van der Waals surface area contributed by atoms with Crippen LogP contribution in [0.4, 0.5) is 0 Å². The van der Waals surface area contributed by atoms with Crippen LogP contribution in [-0.2, 0) is 11.0 Å². The average molecular weight is 218 g/mol. The van der Waals surface area contributed by atoms with E-state index in [9.17, 15) is 4.21 Å². The predicted molar refractivity (Wildman–Crippen MR) is 61.5 cm³/mol. The molecule has 0 aliphatic carbocycles. The van der Waals surface area contributed by atoms with Gasteiger partial charge in [0.15, 0.2) is 0 Å². The summed E-state index contributed by atoms with van der Waals surface area (Å²) in [6.45, 7) is 9.79. The molecule has 1 fully saturated rings. The topological polar surface area (TPSA) is 23.6 Å². The van der Waals surface area contributed by atoms with Gasteiger partial charge in [0.1, 0.15) is 0 Å². The van der Waals surface area contributed by atoms with E-state index in [-0.39, 0.29) is 0 Å². The molecule has 1 saturated heterocycles. The van der Waals surface area contributed by atoms with Crippen molar-refractivity contribution >= 4 is 11.0 Å². The fourth-order valence-corrected chi connectivity index (χ4v) is 2.33. The van der Waals surface area contributed by atoms with E-state index in [2.05, 4.69) is 18.7 Å². The summed E-state index contributed by atoms with van der Waals surface area (Å²) in [4.78, 5) is 2.48. The minimum Gasteiger partial charge on any atom is -0.301 e. The van der Waals surface area contributed by atoms with E-state index in [1.165, 1.54) is 13.0 Å². The van der Waals surface area contributed by atoms with E-state index in [0.29, 0.717) is 0 Å². The summed E-state index contributed by atoms with van der Waals surface area (Å²) >= 11 is 0. The summed E-state index contributed by atoms with van der Waals surface area (Å²) in [5, 5.41) is 0. The Labute approximate surface area is 90.0 Å². The lowest BCUT2D eigenvalue weighted by Gasteiger charge is -2.33. The second-order valence-electron chi connectivity index (χ2n) is 4.38. The maximum atomic E-state index is 11.2. The van der Waals surface area contributed by atoms with E-state index in [1.807, 2.05) is 4.31 Å². The van der Waals surface area contributed by atoms with Crippen LogP contribution < -0.4 is 0 Å². The Morgan fingerprint density at radius 3 is 2.21 bits per heavy atom. The molecule has 1 aliphatic rings. The first-order valence-electron chi connectivity index (χ1n) is 5.40. The fourth-order valence-electron chi connectivity index (χ4n) is 1.65. The number of nitrogens with zero attached hydrogens (tertiary/aromatic N) is 2. The molecule has 14 heavy (non-hydrogen) atoms. The molecule has 1 unspecified atom stereocenters. The van der Waals surface area contributed by atoms with Gasteiger partial charge in [-0.25, -0.2) is 8.51 Å². The molecule has 1 aliphatic heterocycles. The van der Waals surface area contributed by atoms with Crippen molar-refractivity contribution in [3.05, 3.63) is 0 Å². The second-order valence-corrected chi connectivity index (χ2v) is 5.74. The van der Waals surface area contributed by atoms with Gasteiger partial charge in [-0.2, -0.15) is 0 Å². The van der Waals surface area contributed by atoms with Crippen molar-refractivity contribution in [1.29, 1.82) is 0 Å². The Morgan fingerprint density at radius 1 is 1.21 bits per heavy atom. The maximum Gasteiger partial charge on any atom is 0.0911 e. The van der Waals surface area contributed by atoms with Gasteiger partial charge >= 0.3 is 0 Å². The van der Waals surface area contributed by atoms with Gasteiger partial charge in [0, 0.05) is 32.4 Å². The second kappa shape index (κ2) is 5.83. The van der Waals surface area contributed by atoms with Crippen LogP contribution >= 0.6 is 0 Å². The molecular weight excluding hydrogens is 196 g/mol. The lowest BCUT2D eigenvalue weighted by Crippen LogP contribution is -2.46. The minimum absolute atomic E-state index is 0.773. The molecule has 0 aromatic rings. The normalized spacial score (nSPS) is 22.9. The summed E-state index contributed by atoms with van der Waals surface area (Å²) in [6, 6.07) is 0. The minimum atomic E-state index is -0.773. The molecule has 1 atom stereocenters. The SMILES string of the molecule is CC(C)CCN1CCN(S(C)=O)CC1. The summed E-state index contributed by atoms with van der Waals surface area (Å²) < 4.78 is 13.2. The molecule has 1 heterocycles. The lowest BCUT2D eigenvalue weighted by atomic mass is 10.1. The quantitative estimate of drug-likeness (QED) is 0.701. The van der Waals surface area contributed by atoms with E-state index < -0.39 is 11.0 Å². The highest BCUT2D eigenvalue weighted by atomic mass is 32.2. The Hall–Kier alpha value is 0.0700. The van der Waals surface area contributed by atoms with Crippen LogP contribution in [-0.4, -0.2) is 52.4 Å². The maximum absolute atomic E-state index is 11.2. The molecule has 0 radical (unpaired) electrons. The van der Waals surface area contributed by atoms with Crippen molar-refractivity contribution in [1.82, 2.24) is 9.21 Å². The third kappa shape index (κ3) is 4.07. The first-order chi connectivity index (χ1) is 6.59. The highest BCUT2D eigenvalue weighted by molar-refractivity contribution is 7.81. The highest BCUT2D eigenvalue weighted by Crippen LogP contribution is 2.07. The molecule has 84 valence electrons. The Morgan fingerprint density at radius 2 is 1.79 bits per heavy atom. The summed E-state index contributed by atoms with van der Waals surface area (Å²) in [5.74, 6) is 0.785. The van der Waals surface area contributed by atoms with Crippen molar-refractivity contribution in [3.8, 4) is 0 Å². The van der Waals surface area contributed by atoms with Crippen LogP contribution in [0.3, 0.4) is 0 Å². The van der Waals surface area contributed by atoms with Gasteiger partial charge in [0.2, 0.25) is 0 Å². The molecule has 4 heteroatoms. The van der Waals surface area contributed by atoms with Crippen LogP contribution in [0.15, 0.2) is 0 Å².